The van der Waals surface area contributed by atoms with Crippen LogP contribution in [0.15, 0.2) is 30.1 Å². The average molecular weight is 531 g/mol. The first kappa shape index (κ1) is 29.4. The highest BCUT2D eigenvalue weighted by atomic mass is 16.6. The van der Waals surface area contributed by atoms with Gasteiger partial charge in [0.25, 0.3) is 0 Å². The number of phenols is 1. The molecule has 1 saturated carbocycles. The number of rotatable bonds is 10. The van der Waals surface area contributed by atoms with E-state index in [4.69, 9.17) is 19.9 Å². The molecule has 0 saturated heterocycles. The van der Waals surface area contributed by atoms with Crippen molar-refractivity contribution in [2.45, 2.75) is 89.9 Å². The number of benzene rings is 1. The SMILES string of the molecule is COc1cc(CCC(CC(OC(C)=O)C2CCCCCC(O)C2)OC(C)=O)c(C2=CCNC(N)=C2)cc1O. The summed E-state index contributed by atoms with van der Waals surface area (Å²) in [6, 6.07) is 3.45. The van der Waals surface area contributed by atoms with Crippen LogP contribution in [0.5, 0.6) is 11.5 Å². The lowest BCUT2D eigenvalue weighted by Crippen LogP contribution is -2.35. The Morgan fingerprint density at radius 2 is 1.87 bits per heavy atom. The number of ether oxygens (including phenoxy) is 3. The summed E-state index contributed by atoms with van der Waals surface area (Å²) in [6.45, 7) is 3.32. The van der Waals surface area contributed by atoms with Gasteiger partial charge in [0.15, 0.2) is 11.5 Å². The summed E-state index contributed by atoms with van der Waals surface area (Å²) in [6.07, 6.45) is 8.90. The fourth-order valence-electron chi connectivity index (χ4n) is 5.46. The van der Waals surface area contributed by atoms with E-state index in [-0.39, 0.29) is 17.6 Å². The molecule has 2 aliphatic rings. The molecule has 4 atom stereocenters. The van der Waals surface area contributed by atoms with E-state index in [1.807, 2.05) is 12.2 Å². The molecule has 9 heteroatoms. The van der Waals surface area contributed by atoms with Crippen LogP contribution in [0.25, 0.3) is 5.57 Å². The maximum atomic E-state index is 12.0. The summed E-state index contributed by atoms with van der Waals surface area (Å²) >= 11 is 0. The van der Waals surface area contributed by atoms with Crippen LogP contribution < -0.4 is 15.8 Å². The molecular weight excluding hydrogens is 488 g/mol. The van der Waals surface area contributed by atoms with Gasteiger partial charge in [-0.25, -0.2) is 0 Å². The lowest BCUT2D eigenvalue weighted by Gasteiger charge is -2.32. The van der Waals surface area contributed by atoms with Gasteiger partial charge in [-0.05, 0) is 72.9 Å². The van der Waals surface area contributed by atoms with Crippen LogP contribution in [0.3, 0.4) is 0 Å². The third kappa shape index (κ3) is 8.68. The molecule has 1 aliphatic carbocycles. The molecule has 0 bridgehead atoms. The first-order valence-corrected chi connectivity index (χ1v) is 13.5. The molecule has 1 aromatic rings. The van der Waals surface area contributed by atoms with Gasteiger partial charge in [0.1, 0.15) is 12.2 Å². The molecule has 0 spiro atoms. The number of hydrogen-bond acceptors (Lipinski definition) is 9. The number of hydrogen-bond donors (Lipinski definition) is 4. The molecule has 3 rings (SSSR count). The van der Waals surface area contributed by atoms with Crippen molar-refractivity contribution in [3.05, 3.63) is 41.2 Å². The highest BCUT2D eigenvalue weighted by Crippen LogP contribution is 2.36. The summed E-state index contributed by atoms with van der Waals surface area (Å²) in [4.78, 5) is 24.0. The van der Waals surface area contributed by atoms with E-state index in [2.05, 4.69) is 5.32 Å². The number of nitrogens with one attached hydrogen (secondary N) is 1. The topological polar surface area (TPSA) is 140 Å². The van der Waals surface area contributed by atoms with Crippen molar-refractivity contribution in [1.29, 1.82) is 0 Å². The lowest BCUT2D eigenvalue weighted by atomic mass is 9.83. The van der Waals surface area contributed by atoms with Gasteiger partial charge in [-0.1, -0.05) is 25.3 Å². The number of carbonyl (C=O) groups excluding carboxylic acids is 2. The summed E-state index contributed by atoms with van der Waals surface area (Å²) in [5, 5.41) is 24.0. The zero-order valence-electron chi connectivity index (χ0n) is 22.7. The van der Waals surface area contributed by atoms with E-state index < -0.39 is 24.3 Å². The monoisotopic (exact) mass is 530 g/mol. The highest BCUT2D eigenvalue weighted by molar-refractivity contribution is 5.79. The van der Waals surface area contributed by atoms with Crippen LogP contribution >= 0.6 is 0 Å². The van der Waals surface area contributed by atoms with Crippen LogP contribution in [0, 0.1) is 5.92 Å². The minimum atomic E-state index is -0.505. The average Bonchev–Trinajstić information content (AvgIpc) is 2.84. The number of aliphatic hydroxyl groups is 1. The quantitative estimate of drug-likeness (QED) is 0.333. The number of nitrogens with two attached hydrogens (primary N) is 1. The molecule has 210 valence electrons. The molecule has 0 aromatic heterocycles. The molecule has 1 aromatic carbocycles. The number of allylic oxidation sites excluding steroid dienone is 2. The molecule has 1 heterocycles. The molecule has 5 N–H and O–H groups in total. The predicted molar refractivity (Wildman–Crippen MR) is 144 cm³/mol. The number of esters is 2. The Labute approximate surface area is 225 Å². The fraction of sp³-hybridized carbons (Fsp3) is 0.586. The van der Waals surface area contributed by atoms with E-state index in [1.54, 1.807) is 12.1 Å². The summed E-state index contributed by atoms with van der Waals surface area (Å²) < 4.78 is 16.8. The van der Waals surface area contributed by atoms with Gasteiger partial charge in [0, 0.05) is 26.8 Å². The molecule has 38 heavy (non-hydrogen) atoms. The number of aromatic hydroxyl groups is 1. The maximum absolute atomic E-state index is 12.0. The van der Waals surface area contributed by atoms with E-state index >= 15 is 0 Å². The Hall–Kier alpha value is -3.20. The van der Waals surface area contributed by atoms with E-state index in [0.717, 1.165) is 48.8 Å². The zero-order chi connectivity index (χ0) is 27.7. The van der Waals surface area contributed by atoms with Crippen molar-refractivity contribution >= 4 is 17.5 Å². The number of aliphatic hydroxyl groups excluding tert-OH is 1. The molecular formula is C29H42N2O7. The van der Waals surface area contributed by atoms with Gasteiger partial charge in [-0.15, -0.1) is 0 Å². The summed E-state index contributed by atoms with van der Waals surface area (Å²) in [5.74, 6) is 0.0970. The van der Waals surface area contributed by atoms with Gasteiger partial charge in [0.2, 0.25) is 0 Å². The third-order valence-electron chi connectivity index (χ3n) is 7.25. The second-order valence-electron chi connectivity index (χ2n) is 10.3. The molecule has 4 unspecified atom stereocenters. The van der Waals surface area contributed by atoms with Gasteiger partial charge < -0.3 is 35.5 Å². The second kappa shape index (κ2) is 14.1. The smallest absolute Gasteiger partial charge is 0.302 e. The van der Waals surface area contributed by atoms with Gasteiger partial charge >= 0.3 is 11.9 Å². The zero-order valence-corrected chi connectivity index (χ0v) is 22.7. The Bertz CT molecular complexity index is 1040. The normalized spacial score (nSPS) is 21.5. The Morgan fingerprint density at radius 1 is 1.13 bits per heavy atom. The molecule has 9 nitrogen and oxygen atoms in total. The van der Waals surface area contributed by atoms with Crippen molar-refractivity contribution in [2.24, 2.45) is 11.7 Å². The van der Waals surface area contributed by atoms with Crippen LogP contribution in [0.1, 0.15) is 76.3 Å². The van der Waals surface area contributed by atoms with Crippen LogP contribution in [-0.4, -0.2) is 54.1 Å². The van der Waals surface area contributed by atoms with Crippen LogP contribution in [0.4, 0.5) is 0 Å². The fourth-order valence-corrected chi connectivity index (χ4v) is 5.46. The number of carbonyl (C=O) groups is 2. The van der Waals surface area contributed by atoms with Crippen molar-refractivity contribution in [2.75, 3.05) is 13.7 Å². The van der Waals surface area contributed by atoms with Gasteiger partial charge in [0.05, 0.1) is 19.0 Å². The highest BCUT2D eigenvalue weighted by Gasteiger charge is 2.31. The third-order valence-corrected chi connectivity index (χ3v) is 7.25. The Morgan fingerprint density at radius 3 is 2.55 bits per heavy atom. The summed E-state index contributed by atoms with van der Waals surface area (Å²) in [7, 11) is 1.50. The lowest BCUT2D eigenvalue weighted by molar-refractivity contribution is -0.156. The van der Waals surface area contributed by atoms with Crippen molar-refractivity contribution in [3.63, 3.8) is 0 Å². The van der Waals surface area contributed by atoms with Crippen molar-refractivity contribution in [3.8, 4) is 11.5 Å². The minimum absolute atomic E-state index is 0.00964. The standard InChI is InChI=1S/C29H42N2O7/c1-18(32)37-24(16-27(38-19(2)33)22-7-5-4-6-8-23(34)13-22)10-9-20-14-28(36-3)26(35)17-25(20)21-11-12-31-29(30)15-21/h11,14-15,17,22-24,27,31,34-35H,4-10,12-13,16,30H2,1-3H3. The van der Waals surface area contributed by atoms with Gasteiger partial charge in [-0.2, -0.15) is 0 Å². The minimum Gasteiger partial charge on any atom is -0.504 e. The molecule has 1 fully saturated rings. The van der Waals surface area contributed by atoms with E-state index in [1.165, 1.54) is 21.0 Å². The molecule has 0 radical (unpaired) electrons. The first-order chi connectivity index (χ1) is 18.2. The first-order valence-electron chi connectivity index (χ1n) is 13.5. The van der Waals surface area contributed by atoms with Crippen LogP contribution in [0.2, 0.25) is 0 Å². The molecule has 1 aliphatic heterocycles. The summed E-state index contributed by atoms with van der Waals surface area (Å²) in [5.41, 5.74) is 8.58. The number of aryl methyl sites for hydroxylation is 1. The largest absolute Gasteiger partial charge is 0.504 e. The number of dihydropyridines is 1. The number of methoxy groups -OCH3 is 1. The second-order valence-corrected chi connectivity index (χ2v) is 10.3. The predicted octanol–water partition coefficient (Wildman–Crippen LogP) is 3.70. The van der Waals surface area contributed by atoms with Crippen LogP contribution in [-0.2, 0) is 25.5 Å². The number of phenolic OH excluding ortho intramolecular Hbond substituents is 1. The Balaban J connectivity index is 1.84. The van der Waals surface area contributed by atoms with Gasteiger partial charge in [-0.3, -0.25) is 9.59 Å². The van der Waals surface area contributed by atoms with E-state index in [0.29, 0.717) is 43.8 Å². The van der Waals surface area contributed by atoms with Crippen molar-refractivity contribution in [1.82, 2.24) is 5.32 Å². The molecule has 0 amide bonds. The Kier molecular flexibility index (Phi) is 10.9. The maximum Gasteiger partial charge on any atom is 0.302 e. The van der Waals surface area contributed by atoms with E-state index in [9.17, 15) is 19.8 Å². The van der Waals surface area contributed by atoms with Crippen molar-refractivity contribution < 1.29 is 34.0 Å².